The molecule has 1 aliphatic heterocycles. The van der Waals surface area contributed by atoms with Crippen LogP contribution in [0.2, 0.25) is 0 Å². The topological polar surface area (TPSA) is 90.0 Å². The van der Waals surface area contributed by atoms with Crippen LogP contribution in [0.15, 0.2) is 78.9 Å². The fourth-order valence-corrected chi connectivity index (χ4v) is 5.97. The smallest absolute Gasteiger partial charge is 0.347 e. The number of carbonyl (C=O) groups excluding carboxylic acids is 4. The second-order valence-electron chi connectivity index (χ2n) is 9.54. The van der Waals surface area contributed by atoms with Gasteiger partial charge in [-0.15, -0.1) is 0 Å². The number of nitrogens with zero attached hydrogens (tertiary/aromatic N) is 1. The molecule has 0 radical (unpaired) electrons. The summed E-state index contributed by atoms with van der Waals surface area (Å²) in [5.41, 5.74) is 0.628. The Morgan fingerprint density at radius 2 is 1.39 bits per heavy atom. The van der Waals surface area contributed by atoms with Gasteiger partial charge in [0.15, 0.2) is 0 Å². The molecule has 3 aromatic carbocycles. The third-order valence-corrected chi connectivity index (χ3v) is 7.53. The number of imide groups is 1. The molecule has 1 saturated heterocycles. The summed E-state index contributed by atoms with van der Waals surface area (Å²) in [7, 11) is 0. The minimum Gasteiger partial charge on any atom is -0.423 e. The van der Waals surface area contributed by atoms with Crippen molar-refractivity contribution in [2.24, 2.45) is 23.7 Å². The van der Waals surface area contributed by atoms with Crippen LogP contribution in [0.4, 0.5) is 5.69 Å². The van der Waals surface area contributed by atoms with Crippen LogP contribution in [0.1, 0.15) is 40.0 Å². The Balaban J connectivity index is 1.22. The molecule has 36 heavy (non-hydrogen) atoms. The van der Waals surface area contributed by atoms with Crippen molar-refractivity contribution in [3.05, 3.63) is 90.0 Å². The largest absolute Gasteiger partial charge is 0.423 e. The van der Waals surface area contributed by atoms with Crippen LogP contribution >= 0.6 is 0 Å². The van der Waals surface area contributed by atoms with Gasteiger partial charge in [0.05, 0.1) is 23.1 Å². The van der Waals surface area contributed by atoms with E-state index in [0.717, 1.165) is 19.3 Å². The second kappa shape index (κ2) is 8.75. The van der Waals surface area contributed by atoms with Crippen LogP contribution in [0.3, 0.4) is 0 Å². The molecule has 2 aliphatic carbocycles. The van der Waals surface area contributed by atoms with E-state index in [1.54, 1.807) is 60.7 Å². The second-order valence-corrected chi connectivity index (χ2v) is 9.54. The van der Waals surface area contributed by atoms with Gasteiger partial charge in [-0.2, -0.15) is 0 Å². The van der Waals surface area contributed by atoms with E-state index in [4.69, 9.17) is 9.47 Å². The van der Waals surface area contributed by atoms with Gasteiger partial charge in [0.2, 0.25) is 11.8 Å². The Morgan fingerprint density at radius 1 is 0.722 bits per heavy atom. The summed E-state index contributed by atoms with van der Waals surface area (Å²) in [4.78, 5) is 53.3. The SMILES string of the molecule is O=C(Oc1ccccc1C(=O)Oc1ccccc1)c1cccc(N2C(=O)[C@@H]3[C@H]4CC[C@@H](C4)[C@H]3C2=O)c1. The van der Waals surface area contributed by atoms with E-state index >= 15 is 0 Å². The van der Waals surface area contributed by atoms with Crippen molar-refractivity contribution < 1.29 is 28.7 Å². The maximum Gasteiger partial charge on any atom is 0.347 e. The minimum absolute atomic E-state index is 0.0493. The first-order chi connectivity index (χ1) is 17.5. The van der Waals surface area contributed by atoms with Crippen LogP contribution in [0, 0.1) is 23.7 Å². The van der Waals surface area contributed by atoms with Crippen LogP contribution < -0.4 is 14.4 Å². The molecule has 3 aliphatic rings. The highest BCUT2D eigenvalue weighted by molar-refractivity contribution is 6.22. The van der Waals surface area contributed by atoms with Crippen LogP contribution in [-0.4, -0.2) is 23.8 Å². The fourth-order valence-electron chi connectivity index (χ4n) is 5.97. The van der Waals surface area contributed by atoms with Crippen molar-refractivity contribution in [3.8, 4) is 11.5 Å². The summed E-state index contributed by atoms with van der Waals surface area (Å²) in [5, 5.41) is 0. The lowest BCUT2D eigenvalue weighted by Gasteiger charge is -2.19. The van der Waals surface area contributed by atoms with Crippen LogP contribution in [-0.2, 0) is 9.59 Å². The molecule has 0 N–H and O–H groups in total. The third kappa shape index (κ3) is 3.68. The van der Waals surface area contributed by atoms with Gasteiger partial charge in [0.1, 0.15) is 17.1 Å². The number of fused-ring (bicyclic) bond motifs is 5. The molecule has 0 unspecified atom stereocenters. The minimum atomic E-state index is -0.712. The van der Waals surface area contributed by atoms with Gasteiger partial charge in [-0.25, -0.2) is 9.59 Å². The summed E-state index contributed by atoms with van der Waals surface area (Å²) >= 11 is 0. The standard InChI is InChI=1S/C29H23NO6/c31-26-24-17-13-14-18(15-17)25(24)27(32)30(26)20-8-6-7-19(16-20)28(33)36-23-12-5-4-11-22(23)29(34)35-21-9-2-1-3-10-21/h1-12,16-18,24-25H,13-15H2/t17-,18-,24+,25+/m0/s1. The van der Waals surface area contributed by atoms with Gasteiger partial charge in [0, 0.05) is 0 Å². The number of amides is 2. The van der Waals surface area contributed by atoms with Gasteiger partial charge in [-0.3, -0.25) is 14.5 Å². The zero-order valence-electron chi connectivity index (χ0n) is 19.3. The first kappa shape index (κ1) is 22.2. The highest BCUT2D eigenvalue weighted by atomic mass is 16.5. The molecule has 0 spiro atoms. The number of anilines is 1. The molecule has 180 valence electrons. The number of ether oxygens (including phenoxy) is 2. The molecule has 6 rings (SSSR count). The molecule has 1 heterocycles. The average Bonchev–Trinajstić information content (AvgIpc) is 3.58. The zero-order valence-corrected chi connectivity index (χ0v) is 19.3. The van der Waals surface area contributed by atoms with E-state index in [-0.39, 0.29) is 52.4 Å². The van der Waals surface area contributed by atoms with E-state index < -0.39 is 11.9 Å². The molecule has 7 heteroatoms. The van der Waals surface area contributed by atoms with Gasteiger partial charge in [-0.1, -0.05) is 36.4 Å². The van der Waals surface area contributed by atoms with E-state index in [1.807, 2.05) is 0 Å². The third-order valence-electron chi connectivity index (χ3n) is 7.53. The molecule has 4 atom stereocenters. The van der Waals surface area contributed by atoms with Crippen LogP contribution in [0.25, 0.3) is 0 Å². The lowest BCUT2D eigenvalue weighted by Crippen LogP contribution is -2.32. The first-order valence-electron chi connectivity index (χ1n) is 12.1. The van der Waals surface area contributed by atoms with E-state index in [1.165, 1.54) is 23.1 Å². The van der Waals surface area contributed by atoms with Crippen molar-refractivity contribution >= 4 is 29.4 Å². The van der Waals surface area contributed by atoms with Crippen molar-refractivity contribution in [3.63, 3.8) is 0 Å². The van der Waals surface area contributed by atoms with Gasteiger partial charge in [-0.05, 0) is 73.6 Å². The monoisotopic (exact) mass is 481 g/mol. The predicted molar refractivity (Wildman–Crippen MR) is 130 cm³/mol. The van der Waals surface area contributed by atoms with Crippen molar-refractivity contribution in [1.82, 2.24) is 0 Å². The molecule has 2 amide bonds. The van der Waals surface area contributed by atoms with Crippen molar-refractivity contribution in [2.45, 2.75) is 19.3 Å². The molecular formula is C29H23NO6. The molecule has 0 aromatic heterocycles. The Labute approximate surface area is 207 Å². The summed E-state index contributed by atoms with van der Waals surface area (Å²) in [6.07, 6.45) is 2.95. The Morgan fingerprint density at radius 3 is 2.11 bits per heavy atom. The van der Waals surface area contributed by atoms with Gasteiger partial charge < -0.3 is 9.47 Å². The lowest BCUT2D eigenvalue weighted by atomic mass is 9.81. The highest BCUT2D eigenvalue weighted by Crippen LogP contribution is 2.56. The summed E-state index contributed by atoms with van der Waals surface area (Å²) in [5.74, 6) is -1.22. The number of hydrogen-bond donors (Lipinski definition) is 0. The first-order valence-corrected chi connectivity index (χ1v) is 12.1. The number of benzene rings is 3. The molecule has 3 aromatic rings. The summed E-state index contributed by atoms with van der Waals surface area (Å²) < 4.78 is 10.9. The maximum atomic E-state index is 13.2. The average molecular weight is 482 g/mol. The van der Waals surface area contributed by atoms with E-state index in [9.17, 15) is 19.2 Å². The van der Waals surface area contributed by atoms with Crippen LogP contribution in [0.5, 0.6) is 11.5 Å². The number of para-hydroxylation sites is 2. The quantitative estimate of drug-likeness (QED) is 0.299. The van der Waals surface area contributed by atoms with Crippen molar-refractivity contribution in [1.29, 1.82) is 0 Å². The van der Waals surface area contributed by atoms with Gasteiger partial charge >= 0.3 is 11.9 Å². The molecule has 7 nitrogen and oxygen atoms in total. The highest BCUT2D eigenvalue weighted by Gasteiger charge is 2.61. The Bertz CT molecular complexity index is 1360. The predicted octanol–water partition coefficient (Wildman–Crippen LogP) is 4.66. The van der Waals surface area contributed by atoms with E-state index in [2.05, 4.69) is 0 Å². The normalized spacial score (nSPS) is 24.1. The molecule has 2 saturated carbocycles. The lowest BCUT2D eigenvalue weighted by molar-refractivity contribution is -0.123. The fraction of sp³-hybridized carbons (Fsp3) is 0.241. The molecule has 2 bridgehead atoms. The summed E-state index contributed by atoms with van der Waals surface area (Å²) in [6.45, 7) is 0. The summed E-state index contributed by atoms with van der Waals surface area (Å²) in [6, 6.07) is 21.2. The van der Waals surface area contributed by atoms with Crippen molar-refractivity contribution in [2.75, 3.05) is 4.90 Å². The van der Waals surface area contributed by atoms with E-state index in [0.29, 0.717) is 11.4 Å². The Hall–Kier alpha value is -4.26. The van der Waals surface area contributed by atoms with Gasteiger partial charge in [0.25, 0.3) is 0 Å². The number of rotatable bonds is 5. The zero-order chi connectivity index (χ0) is 24.8. The molecule has 3 fully saturated rings. The number of hydrogen-bond acceptors (Lipinski definition) is 6. The number of esters is 2. The molecular weight excluding hydrogens is 458 g/mol. The number of carbonyl (C=O) groups is 4. The Kier molecular flexibility index (Phi) is 5.40. The maximum absolute atomic E-state index is 13.2.